The van der Waals surface area contributed by atoms with E-state index in [0.29, 0.717) is 12.5 Å². The molecule has 0 spiro atoms. The van der Waals surface area contributed by atoms with Crippen molar-refractivity contribution in [3.63, 3.8) is 0 Å². The van der Waals surface area contributed by atoms with Crippen LogP contribution in [0.3, 0.4) is 0 Å². The Balaban J connectivity index is 1.95. The van der Waals surface area contributed by atoms with Crippen molar-refractivity contribution in [1.82, 2.24) is 9.78 Å². The molecule has 18 heavy (non-hydrogen) atoms. The van der Waals surface area contributed by atoms with Crippen LogP contribution in [0.4, 0.5) is 0 Å². The Morgan fingerprint density at radius 2 is 2.28 bits per heavy atom. The van der Waals surface area contributed by atoms with Crippen molar-refractivity contribution in [2.45, 2.75) is 25.3 Å². The highest BCUT2D eigenvalue weighted by atomic mass is 16.1. The summed E-state index contributed by atoms with van der Waals surface area (Å²) < 4.78 is 1.98. The number of carbonyl (C=O) groups excluding carboxylic acids is 1. The van der Waals surface area contributed by atoms with Crippen molar-refractivity contribution in [3.8, 4) is 5.69 Å². The van der Waals surface area contributed by atoms with Gasteiger partial charge in [-0.3, -0.25) is 0 Å². The number of aliphatic imine (C=N–C) groups is 1. The fraction of sp³-hybridized carbons (Fsp3) is 0.286. The predicted octanol–water partition coefficient (Wildman–Crippen LogP) is 2.59. The molecule has 1 aliphatic rings. The molecule has 1 aromatic heterocycles. The molecule has 3 rings (SSSR count). The Bertz CT molecular complexity index is 607. The van der Waals surface area contributed by atoms with Gasteiger partial charge in [0.05, 0.1) is 12.2 Å². The fourth-order valence-corrected chi connectivity index (χ4v) is 2.13. The summed E-state index contributed by atoms with van der Waals surface area (Å²) in [6, 6.07) is 10.0. The monoisotopic (exact) mass is 239 g/mol. The number of aromatic nitrogens is 2. The molecule has 0 atom stereocenters. The number of isocyanates is 1. The van der Waals surface area contributed by atoms with Crippen molar-refractivity contribution >= 4 is 6.08 Å². The lowest BCUT2D eigenvalue weighted by molar-refractivity contribution is 0.563. The summed E-state index contributed by atoms with van der Waals surface area (Å²) in [5.41, 5.74) is 3.29. The van der Waals surface area contributed by atoms with Crippen LogP contribution in [-0.4, -0.2) is 15.9 Å². The second-order valence-corrected chi connectivity index (χ2v) is 4.52. The van der Waals surface area contributed by atoms with Crippen LogP contribution in [0.2, 0.25) is 0 Å². The van der Waals surface area contributed by atoms with Gasteiger partial charge in [0.2, 0.25) is 6.08 Å². The van der Waals surface area contributed by atoms with E-state index in [4.69, 9.17) is 0 Å². The molecule has 0 N–H and O–H groups in total. The second kappa shape index (κ2) is 4.59. The molecule has 90 valence electrons. The van der Waals surface area contributed by atoms with Crippen LogP contribution in [0.5, 0.6) is 0 Å². The molecule has 1 saturated carbocycles. The van der Waals surface area contributed by atoms with Crippen molar-refractivity contribution in [3.05, 3.63) is 47.8 Å². The smallest absolute Gasteiger partial charge is 0.235 e. The van der Waals surface area contributed by atoms with Gasteiger partial charge >= 0.3 is 0 Å². The van der Waals surface area contributed by atoms with Crippen LogP contribution in [0.25, 0.3) is 5.69 Å². The van der Waals surface area contributed by atoms with E-state index < -0.39 is 0 Å². The van der Waals surface area contributed by atoms with Gasteiger partial charge in [-0.25, -0.2) is 14.5 Å². The average molecular weight is 239 g/mol. The van der Waals surface area contributed by atoms with Gasteiger partial charge in [-0.05, 0) is 36.6 Å². The third-order valence-corrected chi connectivity index (χ3v) is 3.15. The van der Waals surface area contributed by atoms with Crippen LogP contribution < -0.4 is 0 Å². The van der Waals surface area contributed by atoms with E-state index in [1.165, 1.54) is 18.5 Å². The highest BCUT2D eigenvalue weighted by Gasteiger charge is 2.27. The molecule has 1 heterocycles. The lowest BCUT2D eigenvalue weighted by atomic mass is 10.2. The molecular weight excluding hydrogens is 226 g/mol. The maximum absolute atomic E-state index is 10.1. The molecule has 0 bridgehead atoms. The summed E-state index contributed by atoms with van der Waals surface area (Å²) in [6.45, 7) is 0.372. The molecule has 1 aliphatic carbocycles. The minimum atomic E-state index is 0.372. The van der Waals surface area contributed by atoms with Gasteiger partial charge in [0.25, 0.3) is 0 Å². The van der Waals surface area contributed by atoms with Crippen LogP contribution in [-0.2, 0) is 11.3 Å². The van der Waals surface area contributed by atoms with Gasteiger partial charge in [-0.2, -0.15) is 5.10 Å². The van der Waals surface area contributed by atoms with E-state index >= 15 is 0 Å². The maximum atomic E-state index is 10.1. The van der Waals surface area contributed by atoms with Crippen LogP contribution in [0.1, 0.15) is 30.0 Å². The van der Waals surface area contributed by atoms with E-state index in [1.807, 2.05) is 35.1 Å². The summed E-state index contributed by atoms with van der Waals surface area (Å²) in [4.78, 5) is 13.7. The minimum absolute atomic E-state index is 0.372. The Hall–Kier alpha value is -2.19. The average Bonchev–Trinajstić information content (AvgIpc) is 3.14. The molecule has 0 aliphatic heterocycles. The van der Waals surface area contributed by atoms with Gasteiger partial charge < -0.3 is 0 Å². The molecule has 0 unspecified atom stereocenters. The Morgan fingerprint density at radius 1 is 1.39 bits per heavy atom. The van der Waals surface area contributed by atoms with Crippen molar-refractivity contribution in [2.75, 3.05) is 0 Å². The lowest BCUT2D eigenvalue weighted by Crippen LogP contribution is -2.01. The first kappa shape index (κ1) is 10.9. The zero-order valence-electron chi connectivity index (χ0n) is 9.91. The van der Waals surface area contributed by atoms with Gasteiger partial charge in [-0.1, -0.05) is 12.1 Å². The van der Waals surface area contributed by atoms with Gasteiger partial charge in [-0.15, -0.1) is 0 Å². The first-order valence-electron chi connectivity index (χ1n) is 6.05. The topological polar surface area (TPSA) is 47.2 Å². The Labute approximate surface area is 105 Å². The molecule has 0 saturated heterocycles. The molecular formula is C14H13N3O. The third-order valence-electron chi connectivity index (χ3n) is 3.15. The van der Waals surface area contributed by atoms with E-state index in [2.05, 4.69) is 16.2 Å². The fourth-order valence-electron chi connectivity index (χ4n) is 2.13. The maximum Gasteiger partial charge on any atom is 0.235 e. The normalized spacial score (nSPS) is 14.2. The van der Waals surface area contributed by atoms with Crippen LogP contribution in [0, 0.1) is 0 Å². The Kier molecular flexibility index (Phi) is 2.79. The quantitative estimate of drug-likeness (QED) is 0.608. The predicted molar refractivity (Wildman–Crippen MR) is 67.4 cm³/mol. The zero-order chi connectivity index (χ0) is 12.4. The van der Waals surface area contributed by atoms with Crippen molar-refractivity contribution < 1.29 is 4.79 Å². The van der Waals surface area contributed by atoms with E-state index in [-0.39, 0.29) is 0 Å². The number of benzene rings is 1. The molecule has 0 radical (unpaired) electrons. The van der Waals surface area contributed by atoms with Gasteiger partial charge in [0, 0.05) is 17.8 Å². The summed E-state index contributed by atoms with van der Waals surface area (Å²) in [5.74, 6) is 0.657. The summed E-state index contributed by atoms with van der Waals surface area (Å²) in [7, 11) is 0. The standard InChI is InChI=1S/C14H13N3O/c18-10-15-9-11-2-1-3-13(8-11)17-14(6-7-16-17)12-4-5-12/h1-3,6-8,12H,4-5,9H2. The van der Waals surface area contributed by atoms with E-state index in [1.54, 1.807) is 6.08 Å². The number of nitrogens with zero attached hydrogens (tertiary/aromatic N) is 3. The van der Waals surface area contributed by atoms with E-state index in [9.17, 15) is 4.79 Å². The zero-order valence-corrected chi connectivity index (χ0v) is 9.91. The number of hydrogen-bond donors (Lipinski definition) is 0. The molecule has 2 aromatic rings. The summed E-state index contributed by atoms with van der Waals surface area (Å²) >= 11 is 0. The number of hydrogen-bond acceptors (Lipinski definition) is 3. The van der Waals surface area contributed by atoms with E-state index in [0.717, 1.165) is 11.3 Å². The first-order chi connectivity index (χ1) is 8.88. The first-order valence-corrected chi connectivity index (χ1v) is 6.05. The molecule has 1 fully saturated rings. The van der Waals surface area contributed by atoms with Gasteiger partial charge in [0.1, 0.15) is 0 Å². The largest absolute Gasteiger partial charge is 0.238 e. The molecule has 4 nitrogen and oxygen atoms in total. The SMILES string of the molecule is O=C=NCc1cccc(-n2nccc2C2CC2)c1. The second-order valence-electron chi connectivity index (χ2n) is 4.52. The highest BCUT2D eigenvalue weighted by Crippen LogP contribution is 2.40. The van der Waals surface area contributed by atoms with Gasteiger partial charge in [0.15, 0.2) is 0 Å². The molecule has 1 aromatic carbocycles. The summed E-state index contributed by atoms with van der Waals surface area (Å²) in [6.07, 6.45) is 5.90. The number of rotatable bonds is 4. The third kappa shape index (κ3) is 2.11. The highest BCUT2D eigenvalue weighted by molar-refractivity contribution is 5.39. The van der Waals surface area contributed by atoms with Crippen LogP contribution >= 0.6 is 0 Å². The lowest BCUT2D eigenvalue weighted by Gasteiger charge is -2.07. The van der Waals surface area contributed by atoms with Crippen LogP contribution in [0.15, 0.2) is 41.5 Å². The van der Waals surface area contributed by atoms with Crippen molar-refractivity contribution in [1.29, 1.82) is 0 Å². The molecule has 0 amide bonds. The summed E-state index contributed by atoms with van der Waals surface area (Å²) in [5, 5.41) is 4.38. The molecule has 4 heteroatoms. The Morgan fingerprint density at radius 3 is 3.06 bits per heavy atom. The minimum Gasteiger partial charge on any atom is -0.238 e. The van der Waals surface area contributed by atoms with Crippen molar-refractivity contribution in [2.24, 2.45) is 4.99 Å².